The van der Waals surface area contributed by atoms with Crippen LogP contribution in [0.4, 0.5) is 0 Å². The summed E-state index contributed by atoms with van der Waals surface area (Å²) < 4.78 is 0. The van der Waals surface area contributed by atoms with Gasteiger partial charge in [-0.2, -0.15) is 0 Å². The van der Waals surface area contributed by atoms with Crippen molar-refractivity contribution in [2.45, 2.75) is 90.9 Å². The first-order chi connectivity index (χ1) is 13.3. The molecular formula is C25H39N2+. The molecule has 148 valence electrons. The lowest BCUT2D eigenvalue weighted by molar-refractivity contribution is 0.300. The number of rotatable bonds is 15. The maximum atomic E-state index is 4.53. The predicted molar refractivity (Wildman–Crippen MR) is 119 cm³/mol. The van der Waals surface area contributed by atoms with Crippen LogP contribution < -0.4 is 0 Å². The van der Waals surface area contributed by atoms with Crippen molar-refractivity contribution < 1.29 is 0 Å². The van der Waals surface area contributed by atoms with Crippen molar-refractivity contribution >= 4 is 12.4 Å². The molecule has 0 amide bonds. The molecule has 0 radical (unpaired) electrons. The van der Waals surface area contributed by atoms with Gasteiger partial charge in [0, 0.05) is 0 Å². The lowest BCUT2D eigenvalue weighted by Gasteiger charge is -2.24. The van der Waals surface area contributed by atoms with Crippen molar-refractivity contribution in [1.29, 1.82) is 0 Å². The minimum absolute atomic E-state index is 0.481. The number of unbranched alkanes of at least 4 members (excludes halogenated alkanes) is 8. The van der Waals surface area contributed by atoms with Crippen molar-refractivity contribution in [3.63, 3.8) is 0 Å². The molecule has 1 heterocycles. The van der Waals surface area contributed by atoms with Crippen molar-refractivity contribution in [3.8, 4) is 0 Å². The summed E-state index contributed by atoms with van der Waals surface area (Å²) in [5.41, 5.74) is 1.45. The quantitative estimate of drug-likeness (QED) is 0.227. The monoisotopic (exact) mass is 367 g/mol. The smallest absolute Gasteiger partial charge is 0.0965 e. The molecular weight excluding hydrogens is 328 g/mol. The summed E-state index contributed by atoms with van der Waals surface area (Å²) >= 11 is 0. The summed E-state index contributed by atoms with van der Waals surface area (Å²) in [7, 11) is 0. The van der Waals surface area contributed by atoms with Gasteiger partial charge in [-0.05, 0) is 30.7 Å². The van der Waals surface area contributed by atoms with Crippen molar-refractivity contribution in [1.82, 2.24) is 0 Å². The zero-order valence-corrected chi connectivity index (χ0v) is 17.6. The Hall–Kier alpha value is -1.57. The zero-order valence-electron chi connectivity index (χ0n) is 17.6. The van der Waals surface area contributed by atoms with Gasteiger partial charge in [-0.15, -0.1) is 0 Å². The van der Waals surface area contributed by atoms with E-state index < -0.39 is 0 Å². The van der Waals surface area contributed by atoms with Gasteiger partial charge in [0.1, 0.15) is 0 Å². The van der Waals surface area contributed by atoms with Gasteiger partial charge >= 0.3 is 0 Å². The Morgan fingerprint density at radius 2 is 1.37 bits per heavy atom. The van der Waals surface area contributed by atoms with Crippen molar-refractivity contribution in [3.05, 3.63) is 42.1 Å². The number of hydrogen-bond acceptors (Lipinski definition) is 2. The molecule has 0 aliphatic carbocycles. The Balaban J connectivity index is 1.77. The fraction of sp³-hybridized carbons (Fsp3) is 0.640. The third-order valence-corrected chi connectivity index (χ3v) is 5.84. The molecule has 2 unspecified atom stereocenters. The van der Waals surface area contributed by atoms with E-state index in [2.05, 4.69) is 54.2 Å². The molecule has 2 nitrogen and oxygen atoms in total. The van der Waals surface area contributed by atoms with E-state index in [1.807, 2.05) is 12.4 Å². The molecule has 0 aromatic heterocycles. The largest absolute Gasteiger partial charge is 0.244 e. The maximum absolute atomic E-state index is 4.53. The second kappa shape index (κ2) is 13.6. The van der Waals surface area contributed by atoms with Crippen LogP contribution in [0.5, 0.6) is 0 Å². The van der Waals surface area contributed by atoms with E-state index in [0.29, 0.717) is 11.8 Å². The highest BCUT2D eigenvalue weighted by molar-refractivity contribution is 6.18. The Labute approximate surface area is 167 Å². The molecule has 1 aliphatic rings. The van der Waals surface area contributed by atoms with Crippen LogP contribution in [0.2, 0.25) is 0 Å². The van der Waals surface area contributed by atoms with Crippen LogP contribution in [0.25, 0.3) is 0 Å². The second-order valence-corrected chi connectivity index (χ2v) is 8.00. The van der Waals surface area contributed by atoms with Crippen LogP contribution >= 0.6 is 0 Å². The highest BCUT2D eigenvalue weighted by Crippen LogP contribution is 2.35. The molecule has 1 aromatic carbocycles. The van der Waals surface area contributed by atoms with Gasteiger partial charge in [-0.3, -0.25) is 0 Å². The standard InChI is InChI=1S/C25H39N2/c1-3-5-6-7-8-9-10-11-15-18-23(21-22-16-13-12-14-17-22)24(4-2)25-26-19-20-27-25/h12-14,16-17,19-20,23-24H,3-11,15,18,21H2,1-2H3/q+1. The minimum Gasteiger partial charge on any atom is -0.0965 e. The van der Waals surface area contributed by atoms with Gasteiger partial charge < -0.3 is 0 Å². The summed E-state index contributed by atoms with van der Waals surface area (Å²) in [5.74, 6) is 1.12. The molecule has 0 saturated heterocycles. The topological polar surface area (TPSA) is 24.7 Å². The SMILES string of the molecule is CCCCCCCCCCCC(Cc1ccccc1)C(CC)[C+]1N=CC=N1. The van der Waals surface area contributed by atoms with Crippen molar-refractivity contribution in [2.75, 3.05) is 0 Å². The summed E-state index contributed by atoms with van der Waals surface area (Å²) in [6.45, 7) is 4.57. The average molecular weight is 368 g/mol. The normalized spacial score (nSPS) is 15.4. The summed E-state index contributed by atoms with van der Waals surface area (Å²) in [5, 5.41) is 0. The number of nitrogens with zero attached hydrogens (tertiary/aromatic N) is 2. The fourth-order valence-electron chi connectivity index (χ4n) is 4.25. The highest BCUT2D eigenvalue weighted by Gasteiger charge is 2.34. The van der Waals surface area contributed by atoms with Gasteiger partial charge in [0.2, 0.25) is 6.17 Å². The van der Waals surface area contributed by atoms with E-state index in [1.54, 1.807) is 0 Å². The molecule has 1 aliphatic heterocycles. The molecule has 2 heteroatoms. The van der Waals surface area contributed by atoms with Gasteiger partial charge in [-0.1, -0.05) is 112 Å². The van der Waals surface area contributed by atoms with Crippen LogP contribution in [-0.4, -0.2) is 12.4 Å². The van der Waals surface area contributed by atoms with Crippen LogP contribution in [0, 0.1) is 18.0 Å². The Morgan fingerprint density at radius 1 is 0.778 bits per heavy atom. The molecule has 2 atom stereocenters. The first-order valence-electron chi connectivity index (χ1n) is 11.3. The summed E-state index contributed by atoms with van der Waals surface area (Å²) in [6, 6.07) is 11.0. The number of benzene rings is 1. The molecule has 0 saturated carbocycles. The molecule has 0 spiro atoms. The Morgan fingerprint density at radius 3 is 1.96 bits per heavy atom. The zero-order chi connectivity index (χ0) is 19.2. The van der Waals surface area contributed by atoms with Crippen LogP contribution in [0.3, 0.4) is 0 Å². The van der Waals surface area contributed by atoms with Crippen molar-refractivity contribution in [2.24, 2.45) is 21.8 Å². The average Bonchev–Trinajstić information content (AvgIpc) is 3.22. The minimum atomic E-state index is 0.481. The highest BCUT2D eigenvalue weighted by atomic mass is 15.0. The lowest BCUT2D eigenvalue weighted by Crippen LogP contribution is -2.21. The molecule has 0 N–H and O–H groups in total. The van der Waals surface area contributed by atoms with Gasteiger partial charge in [0.25, 0.3) is 0 Å². The van der Waals surface area contributed by atoms with Crippen LogP contribution in [0.1, 0.15) is 90.0 Å². The fourth-order valence-corrected chi connectivity index (χ4v) is 4.25. The first-order valence-corrected chi connectivity index (χ1v) is 11.3. The van der Waals surface area contributed by atoms with Gasteiger partial charge in [0.15, 0.2) is 12.4 Å². The number of hydrogen-bond donors (Lipinski definition) is 0. The maximum Gasteiger partial charge on any atom is 0.244 e. The number of aliphatic imine (C=N–C) groups is 2. The Bertz CT molecular complexity index is 523. The molecule has 1 aromatic rings. The van der Waals surface area contributed by atoms with Crippen LogP contribution in [0.15, 0.2) is 40.3 Å². The van der Waals surface area contributed by atoms with E-state index in [0.717, 1.165) is 19.0 Å². The molecule has 0 bridgehead atoms. The second-order valence-electron chi connectivity index (χ2n) is 8.00. The first kappa shape index (κ1) is 21.7. The van der Waals surface area contributed by atoms with E-state index in [9.17, 15) is 0 Å². The summed E-state index contributed by atoms with van der Waals surface area (Å²) in [4.78, 5) is 9.06. The third kappa shape index (κ3) is 8.32. The van der Waals surface area contributed by atoms with E-state index in [-0.39, 0.29) is 0 Å². The molecule has 2 rings (SSSR count). The van der Waals surface area contributed by atoms with Gasteiger partial charge in [-0.25, -0.2) is 0 Å². The third-order valence-electron chi connectivity index (χ3n) is 5.84. The lowest BCUT2D eigenvalue weighted by atomic mass is 9.80. The Kier molecular flexibility index (Phi) is 10.9. The van der Waals surface area contributed by atoms with E-state index in [4.69, 9.17) is 0 Å². The summed E-state index contributed by atoms with van der Waals surface area (Å²) in [6.07, 6.45) is 20.8. The van der Waals surface area contributed by atoms with Gasteiger partial charge in [0.05, 0.1) is 5.92 Å². The predicted octanol–water partition coefficient (Wildman–Crippen LogP) is 7.44. The van der Waals surface area contributed by atoms with E-state index in [1.165, 1.54) is 69.8 Å². The molecule has 27 heavy (non-hydrogen) atoms. The van der Waals surface area contributed by atoms with E-state index >= 15 is 0 Å². The van der Waals surface area contributed by atoms with Crippen LogP contribution in [-0.2, 0) is 6.42 Å². The molecule has 0 fully saturated rings.